The summed E-state index contributed by atoms with van der Waals surface area (Å²) in [6.45, 7) is 1.99. The number of aromatic amines is 1. The van der Waals surface area contributed by atoms with Gasteiger partial charge in [0.25, 0.3) is 5.91 Å². The second-order valence-electron chi connectivity index (χ2n) is 5.76. The molecule has 3 aromatic rings. The topological polar surface area (TPSA) is 57.8 Å². The number of benzene rings is 2. The molecular formula is C19H16ClF2N3O. The predicted octanol–water partition coefficient (Wildman–Crippen LogP) is 5.21. The molecule has 1 aromatic heterocycles. The fourth-order valence-electron chi connectivity index (χ4n) is 2.61. The number of H-pyrrole nitrogens is 1. The molecule has 0 saturated heterocycles. The molecule has 0 aliphatic carbocycles. The maximum Gasteiger partial charge on any atom is 0.258 e. The predicted molar refractivity (Wildman–Crippen MR) is 97.3 cm³/mol. The van der Waals surface area contributed by atoms with Crippen LogP contribution in [0.5, 0.6) is 0 Å². The molecule has 0 radical (unpaired) electrons. The van der Waals surface area contributed by atoms with E-state index in [0.29, 0.717) is 28.9 Å². The molecule has 0 saturated carbocycles. The number of hydrogen-bond donors (Lipinski definition) is 2. The third-order valence-corrected chi connectivity index (χ3v) is 4.13. The first-order valence-corrected chi connectivity index (χ1v) is 8.47. The molecule has 4 nitrogen and oxygen atoms in total. The molecule has 0 aliphatic rings. The number of nitrogens with one attached hydrogen (secondary N) is 2. The summed E-state index contributed by atoms with van der Waals surface area (Å²) in [6.07, 6.45) is 1.48. The Balaban J connectivity index is 1.98. The van der Waals surface area contributed by atoms with Gasteiger partial charge in [0, 0.05) is 16.7 Å². The average molecular weight is 376 g/mol. The molecule has 0 atom stereocenters. The molecule has 2 aromatic carbocycles. The third kappa shape index (κ3) is 3.75. The Morgan fingerprint density at radius 2 is 1.92 bits per heavy atom. The Hall–Kier alpha value is -2.73. The number of halogens is 3. The second kappa shape index (κ2) is 7.66. The molecule has 0 aliphatic heterocycles. The van der Waals surface area contributed by atoms with E-state index < -0.39 is 17.5 Å². The van der Waals surface area contributed by atoms with Gasteiger partial charge in [0.15, 0.2) is 0 Å². The van der Waals surface area contributed by atoms with Gasteiger partial charge < -0.3 is 5.32 Å². The van der Waals surface area contributed by atoms with Crippen molar-refractivity contribution >= 4 is 23.2 Å². The van der Waals surface area contributed by atoms with Crippen LogP contribution >= 0.6 is 11.6 Å². The van der Waals surface area contributed by atoms with Crippen LogP contribution in [-0.2, 0) is 6.42 Å². The van der Waals surface area contributed by atoms with Crippen LogP contribution in [0.4, 0.5) is 14.5 Å². The average Bonchev–Trinajstić information content (AvgIpc) is 2.98. The first-order valence-electron chi connectivity index (χ1n) is 8.09. The van der Waals surface area contributed by atoms with Crippen molar-refractivity contribution in [2.45, 2.75) is 19.8 Å². The van der Waals surface area contributed by atoms with Crippen molar-refractivity contribution in [1.29, 1.82) is 0 Å². The van der Waals surface area contributed by atoms with Gasteiger partial charge in [-0.25, -0.2) is 8.78 Å². The van der Waals surface area contributed by atoms with Crippen LogP contribution < -0.4 is 5.32 Å². The standard InChI is InChI=1S/C19H16ClF2N3O/c1-2-3-16-18(17(25-24-16)11-4-6-12(20)7-5-11)23-19(26)14-9-8-13(21)10-15(14)22/h4-10H,2-3H2,1H3,(H,23,26)(H,24,25). The van der Waals surface area contributed by atoms with E-state index in [9.17, 15) is 13.6 Å². The molecule has 1 amide bonds. The molecule has 0 bridgehead atoms. The zero-order chi connectivity index (χ0) is 18.7. The minimum Gasteiger partial charge on any atom is -0.318 e. The van der Waals surface area contributed by atoms with Gasteiger partial charge in [0.2, 0.25) is 0 Å². The normalized spacial score (nSPS) is 10.8. The third-order valence-electron chi connectivity index (χ3n) is 3.87. The summed E-state index contributed by atoms with van der Waals surface area (Å²) < 4.78 is 27.0. The van der Waals surface area contributed by atoms with E-state index in [1.54, 1.807) is 24.3 Å². The molecule has 3 rings (SSSR count). The highest BCUT2D eigenvalue weighted by Crippen LogP contribution is 2.31. The van der Waals surface area contributed by atoms with E-state index in [1.165, 1.54) is 0 Å². The number of aryl methyl sites for hydroxylation is 1. The number of hydrogen-bond acceptors (Lipinski definition) is 2. The fourth-order valence-corrected chi connectivity index (χ4v) is 2.74. The van der Waals surface area contributed by atoms with Gasteiger partial charge >= 0.3 is 0 Å². The van der Waals surface area contributed by atoms with Crippen LogP contribution in [-0.4, -0.2) is 16.1 Å². The van der Waals surface area contributed by atoms with Crippen LogP contribution in [0.25, 0.3) is 11.3 Å². The molecule has 1 heterocycles. The SMILES string of the molecule is CCCc1[nH]nc(-c2ccc(Cl)cc2)c1NC(=O)c1ccc(F)cc1F. The lowest BCUT2D eigenvalue weighted by atomic mass is 10.1. The molecule has 0 fully saturated rings. The van der Waals surface area contributed by atoms with Crippen molar-refractivity contribution < 1.29 is 13.6 Å². The number of nitrogens with zero attached hydrogens (tertiary/aromatic N) is 1. The molecule has 0 spiro atoms. The van der Waals surface area contributed by atoms with Crippen molar-refractivity contribution in [1.82, 2.24) is 10.2 Å². The highest BCUT2D eigenvalue weighted by Gasteiger charge is 2.19. The van der Waals surface area contributed by atoms with E-state index in [2.05, 4.69) is 15.5 Å². The number of amides is 1. The van der Waals surface area contributed by atoms with E-state index in [4.69, 9.17) is 11.6 Å². The molecule has 7 heteroatoms. The van der Waals surface area contributed by atoms with E-state index in [0.717, 1.165) is 29.8 Å². The second-order valence-corrected chi connectivity index (χ2v) is 6.20. The van der Waals surface area contributed by atoms with Gasteiger partial charge in [-0.3, -0.25) is 9.89 Å². The van der Waals surface area contributed by atoms with Crippen LogP contribution in [0.2, 0.25) is 5.02 Å². The number of anilines is 1. The van der Waals surface area contributed by atoms with Gasteiger partial charge in [0.05, 0.1) is 16.9 Å². The molecule has 2 N–H and O–H groups in total. The lowest BCUT2D eigenvalue weighted by molar-refractivity contribution is 0.102. The lowest BCUT2D eigenvalue weighted by Crippen LogP contribution is -2.15. The summed E-state index contributed by atoms with van der Waals surface area (Å²) >= 11 is 5.92. The Kier molecular flexibility index (Phi) is 5.32. The van der Waals surface area contributed by atoms with Crippen LogP contribution in [0.1, 0.15) is 29.4 Å². The summed E-state index contributed by atoms with van der Waals surface area (Å²) in [6, 6.07) is 9.83. The fraction of sp³-hybridized carbons (Fsp3) is 0.158. The quantitative estimate of drug-likeness (QED) is 0.642. The molecule has 0 unspecified atom stereocenters. The summed E-state index contributed by atoms with van der Waals surface area (Å²) in [5, 5.41) is 10.5. The van der Waals surface area contributed by atoms with Crippen molar-refractivity contribution in [2.75, 3.05) is 5.32 Å². The summed E-state index contributed by atoms with van der Waals surface area (Å²) in [5.74, 6) is -2.33. The smallest absolute Gasteiger partial charge is 0.258 e. The maximum absolute atomic E-state index is 13.9. The number of carbonyl (C=O) groups excluding carboxylic acids is 1. The summed E-state index contributed by atoms with van der Waals surface area (Å²) in [4.78, 5) is 12.5. The lowest BCUT2D eigenvalue weighted by Gasteiger charge is -2.09. The Labute approximate surface area is 154 Å². The summed E-state index contributed by atoms with van der Waals surface area (Å²) in [5.41, 5.74) is 2.25. The van der Waals surface area contributed by atoms with Gasteiger partial charge in [-0.1, -0.05) is 37.1 Å². The zero-order valence-electron chi connectivity index (χ0n) is 13.9. The van der Waals surface area contributed by atoms with Gasteiger partial charge in [-0.2, -0.15) is 5.10 Å². The molecular weight excluding hydrogens is 360 g/mol. The molecule has 26 heavy (non-hydrogen) atoms. The van der Waals surface area contributed by atoms with E-state index in [-0.39, 0.29) is 5.56 Å². The summed E-state index contributed by atoms with van der Waals surface area (Å²) in [7, 11) is 0. The van der Waals surface area contributed by atoms with E-state index >= 15 is 0 Å². The number of carbonyl (C=O) groups is 1. The highest BCUT2D eigenvalue weighted by atomic mass is 35.5. The largest absolute Gasteiger partial charge is 0.318 e. The van der Waals surface area contributed by atoms with Crippen molar-refractivity contribution in [2.24, 2.45) is 0 Å². The maximum atomic E-state index is 13.9. The van der Waals surface area contributed by atoms with Crippen molar-refractivity contribution in [3.05, 3.63) is 70.4 Å². The Morgan fingerprint density at radius 3 is 2.58 bits per heavy atom. The first kappa shape index (κ1) is 18.1. The van der Waals surface area contributed by atoms with Crippen molar-refractivity contribution in [3.63, 3.8) is 0 Å². The van der Waals surface area contributed by atoms with Crippen molar-refractivity contribution in [3.8, 4) is 11.3 Å². The van der Waals surface area contributed by atoms with Gasteiger partial charge in [-0.05, 0) is 30.7 Å². The van der Waals surface area contributed by atoms with Gasteiger partial charge in [0.1, 0.15) is 17.3 Å². The van der Waals surface area contributed by atoms with Crippen LogP contribution in [0.15, 0.2) is 42.5 Å². The zero-order valence-corrected chi connectivity index (χ0v) is 14.7. The monoisotopic (exact) mass is 375 g/mol. The van der Waals surface area contributed by atoms with Crippen LogP contribution in [0, 0.1) is 11.6 Å². The highest BCUT2D eigenvalue weighted by molar-refractivity contribution is 6.30. The minimum absolute atomic E-state index is 0.239. The van der Waals surface area contributed by atoms with E-state index in [1.807, 2.05) is 6.92 Å². The number of rotatable bonds is 5. The van der Waals surface area contributed by atoms with Gasteiger partial charge in [-0.15, -0.1) is 0 Å². The Bertz CT molecular complexity index is 938. The van der Waals surface area contributed by atoms with Crippen LogP contribution in [0.3, 0.4) is 0 Å². The minimum atomic E-state index is -0.920. The number of aromatic nitrogens is 2. The Morgan fingerprint density at radius 1 is 1.19 bits per heavy atom. The molecule has 134 valence electrons. The first-order chi connectivity index (χ1) is 12.5.